The van der Waals surface area contributed by atoms with Gasteiger partial charge >= 0.3 is 0 Å². The molecule has 0 radical (unpaired) electrons. The Hall–Kier alpha value is -1.42. The standard InChI is InChI=1S/C15H21FN2O/c1-3-15(6-7-17-10-15)14(19)18-9-12-5-4-11(2)13(16)8-12/h4-5,8,17H,3,6-7,9-10H2,1-2H3,(H,18,19). The second-order valence-electron chi connectivity index (χ2n) is 5.33. The van der Waals surface area contributed by atoms with Crippen molar-refractivity contribution in [3.63, 3.8) is 0 Å². The summed E-state index contributed by atoms with van der Waals surface area (Å²) in [5.41, 5.74) is 1.14. The van der Waals surface area contributed by atoms with Gasteiger partial charge in [0.15, 0.2) is 0 Å². The molecule has 104 valence electrons. The maximum atomic E-state index is 13.4. The third-order valence-corrected chi connectivity index (χ3v) is 4.09. The summed E-state index contributed by atoms with van der Waals surface area (Å²) in [5.74, 6) is -0.152. The van der Waals surface area contributed by atoms with Crippen LogP contribution in [0.15, 0.2) is 18.2 Å². The van der Waals surface area contributed by atoms with Crippen LogP contribution in [0, 0.1) is 18.2 Å². The van der Waals surface area contributed by atoms with Gasteiger partial charge in [-0.25, -0.2) is 4.39 Å². The molecule has 4 heteroatoms. The molecule has 3 nitrogen and oxygen atoms in total. The van der Waals surface area contributed by atoms with Gasteiger partial charge in [0.2, 0.25) is 5.91 Å². The van der Waals surface area contributed by atoms with Crippen molar-refractivity contribution >= 4 is 5.91 Å². The molecule has 0 spiro atoms. The molecule has 2 N–H and O–H groups in total. The van der Waals surface area contributed by atoms with Gasteiger partial charge in [-0.1, -0.05) is 19.1 Å². The Balaban J connectivity index is 1.98. The van der Waals surface area contributed by atoms with Crippen LogP contribution in [0.2, 0.25) is 0 Å². The van der Waals surface area contributed by atoms with Crippen LogP contribution in [-0.2, 0) is 11.3 Å². The van der Waals surface area contributed by atoms with E-state index in [-0.39, 0.29) is 17.1 Å². The van der Waals surface area contributed by atoms with Crippen molar-refractivity contribution in [2.45, 2.75) is 33.2 Å². The molecule has 0 saturated carbocycles. The van der Waals surface area contributed by atoms with E-state index >= 15 is 0 Å². The maximum absolute atomic E-state index is 13.4. The summed E-state index contributed by atoms with van der Waals surface area (Å²) in [5, 5.41) is 6.17. The fourth-order valence-electron chi connectivity index (χ4n) is 2.52. The molecule has 0 aromatic heterocycles. The molecule has 1 fully saturated rings. The number of hydrogen-bond donors (Lipinski definition) is 2. The molecule has 0 bridgehead atoms. The Kier molecular flexibility index (Phi) is 4.20. The molecule has 2 rings (SSSR count). The van der Waals surface area contributed by atoms with E-state index in [1.807, 2.05) is 13.0 Å². The van der Waals surface area contributed by atoms with Crippen LogP contribution in [0.4, 0.5) is 4.39 Å². The fourth-order valence-corrected chi connectivity index (χ4v) is 2.52. The van der Waals surface area contributed by atoms with Gasteiger partial charge in [-0.05, 0) is 43.5 Å². The smallest absolute Gasteiger partial charge is 0.227 e. The van der Waals surface area contributed by atoms with Crippen molar-refractivity contribution in [2.75, 3.05) is 13.1 Å². The van der Waals surface area contributed by atoms with Gasteiger partial charge in [-0.2, -0.15) is 0 Å². The summed E-state index contributed by atoms with van der Waals surface area (Å²) in [7, 11) is 0. The highest BCUT2D eigenvalue weighted by Crippen LogP contribution is 2.29. The van der Waals surface area contributed by atoms with E-state index < -0.39 is 0 Å². The predicted octanol–water partition coefficient (Wildman–Crippen LogP) is 2.14. The number of carbonyl (C=O) groups is 1. The molecule has 1 aliphatic heterocycles. The molecule has 19 heavy (non-hydrogen) atoms. The molecule has 1 heterocycles. The Labute approximate surface area is 113 Å². The summed E-state index contributed by atoms with van der Waals surface area (Å²) in [6.07, 6.45) is 1.70. The number of carbonyl (C=O) groups excluding carboxylic acids is 1. The summed E-state index contributed by atoms with van der Waals surface area (Å²) in [4.78, 5) is 12.3. The van der Waals surface area contributed by atoms with E-state index in [0.29, 0.717) is 12.1 Å². The lowest BCUT2D eigenvalue weighted by atomic mass is 9.83. The minimum atomic E-state index is -0.288. The van der Waals surface area contributed by atoms with Gasteiger partial charge in [0, 0.05) is 13.1 Å². The van der Waals surface area contributed by atoms with Crippen LogP contribution < -0.4 is 10.6 Å². The number of amides is 1. The molecular formula is C15H21FN2O. The van der Waals surface area contributed by atoms with Crippen molar-refractivity contribution in [3.8, 4) is 0 Å². The fraction of sp³-hybridized carbons (Fsp3) is 0.533. The number of halogens is 1. The average Bonchev–Trinajstić information content (AvgIpc) is 2.90. The first-order chi connectivity index (χ1) is 9.07. The molecule has 1 aromatic rings. The summed E-state index contributed by atoms with van der Waals surface area (Å²) in [6, 6.07) is 5.08. The minimum Gasteiger partial charge on any atom is -0.352 e. The second kappa shape index (κ2) is 5.70. The van der Waals surface area contributed by atoms with E-state index in [9.17, 15) is 9.18 Å². The van der Waals surface area contributed by atoms with Crippen LogP contribution in [0.25, 0.3) is 0 Å². The van der Waals surface area contributed by atoms with E-state index in [2.05, 4.69) is 10.6 Å². The van der Waals surface area contributed by atoms with Crippen molar-refractivity contribution in [2.24, 2.45) is 5.41 Å². The van der Waals surface area contributed by atoms with Crippen LogP contribution in [-0.4, -0.2) is 19.0 Å². The quantitative estimate of drug-likeness (QED) is 0.875. The topological polar surface area (TPSA) is 41.1 Å². The lowest BCUT2D eigenvalue weighted by Crippen LogP contribution is -2.41. The van der Waals surface area contributed by atoms with E-state index in [1.54, 1.807) is 13.0 Å². The van der Waals surface area contributed by atoms with Crippen molar-refractivity contribution < 1.29 is 9.18 Å². The van der Waals surface area contributed by atoms with Crippen LogP contribution in [0.1, 0.15) is 30.9 Å². The van der Waals surface area contributed by atoms with E-state index in [4.69, 9.17) is 0 Å². The number of benzene rings is 1. The summed E-state index contributed by atoms with van der Waals surface area (Å²) < 4.78 is 13.4. The molecular weight excluding hydrogens is 243 g/mol. The number of aryl methyl sites for hydroxylation is 1. The minimum absolute atomic E-state index is 0.0704. The SMILES string of the molecule is CCC1(C(=O)NCc2ccc(C)c(F)c2)CCNC1. The molecule has 1 aromatic carbocycles. The summed E-state index contributed by atoms with van der Waals surface area (Å²) in [6.45, 7) is 5.78. The Morgan fingerprint density at radius 2 is 2.32 bits per heavy atom. The highest BCUT2D eigenvalue weighted by molar-refractivity contribution is 5.83. The predicted molar refractivity (Wildman–Crippen MR) is 73.2 cm³/mol. The third kappa shape index (κ3) is 2.95. The lowest BCUT2D eigenvalue weighted by molar-refractivity contribution is -0.130. The number of rotatable bonds is 4. The zero-order valence-electron chi connectivity index (χ0n) is 11.6. The van der Waals surface area contributed by atoms with Crippen LogP contribution >= 0.6 is 0 Å². The van der Waals surface area contributed by atoms with Gasteiger partial charge in [-0.3, -0.25) is 4.79 Å². The molecule has 1 amide bonds. The van der Waals surface area contributed by atoms with E-state index in [0.717, 1.165) is 31.5 Å². The maximum Gasteiger partial charge on any atom is 0.227 e. The zero-order valence-corrected chi connectivity index (χ0v) is 11.6. The molecule has 0 aliphatic carbocycles. The van der Waals surface area contributed by atoms with E-state index in [1.165, 1.54) is 6.07 Å². The van der Waals surface area contributed by atoms with Gasteiger partial charge in [0.1, 0.15) is 5.82 Å². The average molecular weight is 264 g/mol. The molecule has 1 unspecified atom stereocenters. The van der Waals surface area contributed by atoms with Gasteiger partial charge in [0.05, 0.1) is 5.41 Å². The van der Waals surface area contributed by atoms with Crippen molar-refractivity contribution in [1.82, 2.24) is 10.6 Å². The Morgan fingerprint density at radius 1 is 1.53 bits per heavy atom. The normalized spacial score (nSPS) is 22.5. The van der Waals surface area contributed by atoms with Crippen LogP contribution in [0.5, 0.6) is 0 Å². The lowest BCUT2D eigenvalue weighted by Gasteiger charge is -2.25. The van der Waals surface area contributed by atoms with Crippen molar-refractivity contribution in [3.05, 3.63) is 35.1 Å². The monoisotopic (exact) mass is 264 g/mol. The Morgan fingerprint density at radius 3 is 2.89 bits per heavy atom. The van der Waals surface area contributed by atoms with Crippen LogP contribution in [0.3, 0.4) is 0 Å². The van der Waals surface area contributed by atoms with Gasteiger partial charge in [0.25, 0.3) is 0 Å². The number of nitrogens with one attached hydrogen (secondary N) is 2. The third-order valence-electron chi connectivity index (χ3n) is 4.09. The first-order valence-electron chi connectivity index (χ1n) is 6.81. The largest absolute Gasteiger partial charge is 0.352 e. The van der Waals surface area contributed by atoms with Crippen molar-refractivity contribution in [1.29, 1.82) is 0 Å². The highest BCUT2D eigenvalue weighted by Gasteiger charge is 2.39. The first-order valence-corrected chi connectivity index (χ1v) is 6.81. The number of hydrogen-bond acceptors (Lipinski definition) is 2. The van der Waals surface area contributed by atoms with Gasteiger partial charge < -0.3 is 10.6 Å². The second-order valence-corrected chi connectivity index (χ2v) is 5.33. The first kappa shape index (κ1) is 14.0. The molecule has 1 saturated heterocycles. The Bertz CT molecular complexity index is 467. The molecule has 1 atom stereocenters. The zero-order chi connectivity index (χ0) is 13.9. The molecule has 1 aliphatic rings. The summed E-state index contributed by atoms with van der Waals surface area (Å²) >= 11 is 0. The van der Waals surface area contributed by atoms with Gasteiger partial charge in [-0.15, -0.1) is 0 Å². The highest BCUT2D eigenvalue weighted by atomic mass is 19.1.